The van der Waals surface area contributed by atoms with Crippen LogP contribution >= 0.6 is 0 Å². The van der Waals surface area contributed by atoms with Gasteiger partial charge in [-0.1, -0.05) is 31.2 Å². The van der Waals surface area contributed by atoms with E-state index in [4.69, 9.17) is 0 Å². The molecule has 0 aliphatic rings. The Kier molecular flexibility index (Phi) is 7.10. The summed E-state index contributed by atoms with van der Waals surface area (Å²) in [5.41, 5.74) is 5.07. The van der Waals surface area contributed by atoms with Gasteiger partial charge in [0.25, 0.3) is 0 Å². The Morgan fingerprint density at radius 3 is 2.19 bits per heavy atom. The maximum atomic E-state index is 12.8. The Morgan fingerprint density at radius 2 is 1.70 bits per heavy atom. The first-order valence-corrected chi connectivity index (χ1v) is 10.6. The van der Waals surface area contributed by atoms with Crippen LogP contribution in [0.5, 0.6) is 0 Å². The highest BCUT2D eigenvalue weighted by Crippen LogP contribution is 2.21. The first-order valence-electron chi connectivity index (χ1n) is 9.13. The molecule has 0 saturated carbocycles. The summed E-state index contributed by atoms with van der Waals surface area (Å²) < 4.78 is 27.1. The van der Waals surface area contributed by atoms with Crippen molar-refractivity contribution < 1.29 is 8.42 Å². The highest BCUT2D eigenvalue weighted by atomic mass is 32.2. The second kappa shape index (κ2) is 9.10. The molecule has 0 aliphatic heterocycles. The number of benzene rings is 1. The highest BCUT2D eigenvalue weighted by molar-refractivity contribution is 7.89. The number of hydrogen-bond acceptors (Lipinski definition) is 5. The Balaban J connectivity index is 2.09. The van der Waals surface area contributed by atoms with Crippen LogP contribution in [-0.2, 0) is 16.4 Å². The van der Waals surface area contributed by atoms with Gasteiger partial charge in [-0.3, -0.25) is 5.43 Å². The zero-order valence-corrected chi connectivity index (χ0v) is 17.4. The number of hydrazone groups is 1. The quantitative estimate of drug-likeness (QED) is 0.550. The van der Waals surface area contributed by atoms with Crippen LogP contribution in [0.15, 0.2) is 52.6 Å². The lowest BCUT2D eigenvalue weighted by molar-refractivity contribution is 0.302. The summed E-state index contributed by atoms with van der Waals surface area (Å²) in [6.45, 7) is 9.57. The number of nitrogens with one attached hydrogen (secondary N) is 1. The summed E-state index contributed by atoms with van der Waals surface area (Å²) in [5, 5.41) is 4.15. The SMILES string of the molecule is CCc1ccc(/C=N\Nc2ccc(S(=O)(=O)N(C(C)C)C(C)C)cn2)cc1. The fourth-order valence-electron chi connectivity index (χ4n) is 2.88. The van der Waals surface area contributed by atoms with Crippen LogP contribution in [0, 0.1) is 0 Å². The molecular formula is C20H28N4O2S. The molecule has 0 bridgehead atoms. The number of aromatic nitrogens is 1. The van der Waals surface area contributed by atoms with E-state index >= 15 is 0 Å². The van der Waals surface area contributed by atoms with Crippen molar-refractivity contribution in [1.82, 2.24) is 9.29 Å². The number of nitrogens with zero attached hydrogens (tertiary/aromatic N) is 3. The lowest BCUT2D eigenvalue weighted by Crippen LogP contribution is -2.41. The van der Waals surface area contributed by atoms with E-state index in [2.05, 4.69) is 34.6 Å². The van der Waals surface area contributed by atoms with Crippen molar-refractivity contribution in [2.45, 2.75) is 58.0 Å². The van der Waals surface area contributed by atoms with Crippen LogP contribution in [0.4, 0.5) is 5.82 Å². The van der Waals surface area contributed by atoms with Crippen LogP contribution in [0.25, 0.3) is 0 Å². The third-order valence-electron chi connectivity index (χ3n) is 4.11. The summed E-state index contributed by atoms with van der Waals surface area (Å²) in [6, 6.07) is 11.0. The Hall–Kier alpha value is -2.25. The van der Waals surface area contributed by atoms with Gasteiger partial charge in [-0.2, -0.15) is 9.41 Å². The standard InChI is InChI=1S/C20H28N4O2S/c1-6-17-7-9-18(10-8-17)13-22-23-20-12-11-19(14-21-20)27(25,26)24(15(2)3)16(4)5/h7-16H,6H2,1-5H3,(H,21,23)/b22-13-. The van der Waals surface area contributed by atoms with Crippen molar-refractivity contribution in [2.75, 3.05) is 5.43 Å². The van der Waals surface area contributed by atoms with Crippen LogP contribution in [0.2, 0.25) is 0 Å². The average molecular weight is 389 g/mol. The molecule has 146 valence electrons. The molecule has 1 aromatic heterocycles. The number of rotatable bonds is 8. The third kappa shape index (κ3) is 5.37. The molecule has 0 fully saturated rings. The monoisotopic (exact) mass is 388 g/mol. The van der Waals surface area contributed by atoms with Gasteiger partial charge in [0.1, 0.15) is 10.7 Å². The molecule has 1 heterocycles. The van der Waals surface area contributed by atoms with E-state index in [0.717, 1.165) is 12.0 Å². The Bertz CT molecular complexity index is 850. The van der Waals surface area contributed by atoms with E-state index in [9.17, 15) is 8.42 Å². The molecule has 0 saturated heterocycles. The predicted octanol–water partition coefficient (Wildman–Crippen LogP) is 3.90. The summed E-state index contributed by atoms with van der Waals surface area (Å²) >= 11 is 0. The normalized spacial score (nSPS) is 12.4. The minimum absolute atomic E-state index is 0.128. The van der Waals surface area contributed by atoms with E-state index in [1.165, 1.54) is 16.1 Å². The lowest BCUT2D eigenvalue weighted by Gasteiger charge is -2.29. The molecule has 2 aromatic rings. The van der Waals surface area contributed by atoms with E-state index < -0.39 is 10.0 Å². The van der Waals surface area contributed by atoms with Crippen LogP contribution < -0.4 is 5.43 Å². The first kappa shape index (κ1) is 21.1. The van der Waals surface area contributed by atoms with Gasteiger partial charge in [0, 0.05) is 18.3 Å². The molecule has 2 rings (SSSR count). The minimum Gasteiger partial charge on any atom is -0.261 e. The molecule has 0 spiro atoms. The lowest BCUT2D eigenvalue weighted by atomic mass is 10.1. The fourth-order valence-corrected chi connectivity index (χ4v) is 4.66. The van der Waals surface area contributed by atoms with Crippen molar-refractivity contribution in [3.8, 4) is 0 Å². The summed E-state index contributed by atoms with van der Waals surface area (Å²) in [6.07, 6.45) is 4.06. The van der Waals surface area contributed by atoms with Crippen molar-refractivity contribution in [2.24, 2.45) is 5.10 Å². The highest BCUT2D eigenvalue weighted by Gasteiger charge is 2.29. The first-order chi connectivity index (χ1) is 12.8. The van der Waals surface area contributed by atoms with E-state index in [1.807, 2.05) is 39.8 Å². The van der Waals surface area contributed by atoms with Crippen molar-refractivity contribution >= 4 is 22.1 Å². The van der Waals surface area contributed by atoms with Gasteiger partial charge < -0.3 is 0 Å². The Morgan fingerprint density at radius 1 is 1.07 bits per heavy atom. The average Bonchev–Trinajstić information content (AvgIpc) is 2.62. The van der Waals surface area contributed by atoms with E-state index in [0.29, 0.717) is 5.82 Å². The van der Waals surface area contributed by atoms with Gasteiger partial charge in [0.15, 0.2) is 0 Å². The number of pyridine rings is 1. The number of aryl methyl sites for hydroxylation is 1. The molecule has 1 N–H and O–H groups in total. The van der Waals surface area contributed by atoms with Crippen molar-refractivity contribution in [3.05, 3.63) is 53.7 Å². The maximum Gasteiger partial charge on any atom is 0.245 e. The molecule has 0 amide bonds. The van der Waals surface area contributed by atoms with Crippen LogP contribution in [0.3, 0.4) is 0 Å². The van der Waals surface area contributed by atoms with Gasteiger partial charge in [-0.15, -0.1) is 0 Å². The van der Waals surface area contributed by atoms with Gasteiger partial charge in [0.05, 0.1) is 6.21 Å². The molecule has 0 atom stereocenters. The predicted molar refractivity (Wildman–Crippen MR) is 111 cm³/mol. The van der Waals surface area contributed by atoms with Crippen molar-refractivity contribution in [3.63, 3.8) is 0 Å². The maximum absolute atomic E-state index is 12.8. The molecule has 1 aromatic carbocycles. The van der Waals surface area contributed by atoms with Gasteiger partial charge in [-0.05, 0) is 57.4 Å². The smallest absolute Gasteiger partial charge is 0.245 e. The molecule has 7 heteroatoms. The number of anilines is 1. The molecular weight excluding hydrogens is 360 g/mol. The summed E-state index contributed by atoms with van der Waals surface area (Å²) in [4.78, 5) is 4.35. The molecule has 27 heavy (non-hydrogen) atoms. The Labute approximate surface area is 162 Å². The minimum atomic E-state index is -3.58. The van der Waals surface area contributed by atoms with Crippen LogP contribution in [0.1, 0.15) is 45.7 Å². The molecule has 0 radical (unpaired) electrons. The number of hydrogen-bond donors (Lipinski definition) is 1. The second-order valence-electron chi connectivity index (χ2n) is 6.87. The van der Waals surface area contributed by atoms with Crippen molar-refractivity contribution in [1.29, 1.82) is 0 Å². The van der Waals surface area contributed by atoms with Crippen LogP contribution in [-0.4, -0.2) is 36.0 Å². The van der Waals surface area contributed by atoms with Gasteiger partial charge in [0.2, 0.25) is 10.0 Å². The van der Waals surface area contributed by atoms with Gasteiger partial charge >= 0.3 is 0 Å². The summed E-state index contributed by atoms with van der Waals surface area (Å²) in [7, 11) is -3.58. The number of sulfonamides is 1. The zero-order chi connectivity index (χ0) is 20.0. The molecule has 0 unspecified atom stereocenters. The topological polar surface area (TPSA) is 74.7 Å². The molecule has 6 nitrogen and oxygen atoms in total. The second-order valence-corrected chi connectivity index (χ2v) is 8.71. The summed E-state index contributed by atoms with van der Waals surface area (Å²) in [5.74, 6) is 0.482. The van der Waals surface area contributed by atoms with E-state index in [1.54, 1.807) is 18.3 Å². The molecule has 0 aliphatic carbocycles. The zero-order valence-electron chi connectivity index (χ0n) is 16.5. The largest absolute Gasteiger partial charge is 0.261 e. The van der Waals surface area contributed by atoms with E-state index in [-0.39, 0.29) is 17.0 Å². The van der Waals surface area contributed by atoms with Gasteiger partial charge in [-0.25, -0.2) is 13.4 Å². The fraction of sp³-hybridized carbons (Fsp3) is 0.400. The third-order valence-corrected chi connectivity index (χ3v) is 6.35.